The van der Waals surface area contributed by atoms with Crippen LogP contribution in [0.25, 0.3) is 0 Å². The van der Waals surface area contributed by atoms with E-state index in [1.54, 1.807) is 0 Å². The van der Waals surface area contributed by atoms with Gasteiger partial charge in [0.25, 0.3) is 0 Å². The van der Waals surface area contributed by atoms with E-state index in [2.05, 4.69) is 35.3 Å². The molecule has 0 fully saturated rings. The van der Waals surface area contributed by atoms with Gasteiger partial charge in [0.1, 0.15) is 0 Å². The zero-order valence-corrected chi connectivity index (χ0v) is 11.3. The number of pyridine rings is 1. The van der Waals surface area contributed by atoms with E-state index in [1.807, 2.05) is 19.2 Å². The molecule has 1 heterocycles. The monoisotopic (exact) mass is 252 g/mol. The molecule has 2 aromatic rings. The van der Waals surface area contributed by atoms with Crippen LogP contribution in [-0.4, -0.2) is 4.98 Å². The van der Waals surface area contributed by atoms with Gasteiger partial charge in [-0.25, -0.2) is 0 Å². The molecule has 0 aliphatic heterocycles. The SMILES string of the molecule is CC(N)c1cccc(C2CCCc3cccnc32)c1. The van der Waals surface area contributed by atoms with Gasteiger partial charge in [0, 0.05) is 18.2 Å². The number of nitrogens with zero attached hydrogens (tertiary/aromatic N) is 1. The van der Waals surface area contributed by atoms with Crippen molar-refractivity contribution in [2.75, 3.05) is 0 Å². The molecule has 0 saturated carbocycles. The van der Waals surface area contributed by atoms with Crippen LogP contribution >= 0.6 is 0 Å². The smallest absolute Gasteiger partial charge is 0.0510 e. The Morgan fingerprint density at radius 2 is 2.16 bits per heavy atom. The second kappa shape index (κ2) is 5.14. The Labute approximate surface area is 114 Å². The van der Waals surface area contributed by atoms with Gasteiger partial charge in [-0.05, 0) is 48.9 Å². The summed E-state index contributed by atoms with van der Waals surface area (Å²) in [6.07, 6.45) is 5.50. The van der Waals surface area contributed by atoms with E-state index in [1.165, 1.54) is 35.2 Å². The summed E-state index contributed by atoms with van der Waals surface area (Å²) in [6, 6.07) is 13.0. The number of aryl methyl sites for hydroxylation is 1. The van der Waals surface area contributed by atoms with Crippen molar-refractivity contribution in [3.05, 3.63) is 65.0 Å². The van der Waals surface area contributed by atoms with Gasteiger partial charge in [-0.15, -0.1) is 0 Å². The first kappa shape index (κ1) is 12.4. The highest BCUT2D eigenvalue weighted by Gasteiger charge is 2.23. The molecule has 0 spiro atoms. The molecular formula is C17H20N2. The van der Waals surface area contributed by atoms with Crippen LogP contribution in [0.15, 0.2) is 42.6 Å². The lowest BCUT2D eigenvalue weighted by atomic mass is 9.81. The van der Waals surface area contributed by atoms with Crippen molar-refractivity contribution in [1.82, 2.24) is 4.98 Å². The van der Waals surface area contributed by atoms with Crippen LogP contribution in [0.3, 0.4) is 0 Å². The Balaban J connectivity index is 2.01. The maximum Gasteiger partial charge on any atom is 0.0510 e. The summed E-state index contributed by atoms with van der Waals surface area (Å²) in [4.78, 5) is 4.62. The highest BCUT2D eigenvalue weighted by Crippen LogP contribution is 2.35. The highest BCUT2D eigenvalue weighted by atomic mass is 14.7. The molecule has 19 heavy (non-hydrogen) atoms. The third kappa shape index (κ3) is 2.41. The number of nitrogens with two attached hydrogens (primary N) is 1. The van der Waals surface area contributed by atoms with Gasteiger partial charge >= 0.3 is 0 Å². The zero-order chi connectivity index (χ0) is 13.2. The quantitative estimate of drug-likeness (QED) is 0.887. The van der Waals surface area contributed by atoms with Crippen LogP contribution in [0.1, 0.15) is 54.1 Å². The first-order chi connectivity index (χ1) is 9.25. The van der Waals surface area contributed by atoms with Gasteiger partial charge in [-0.2, -0.15) is 0 Å². The first-order valence-electron chi connectivity index (χ1n) is 7.05. The Bertz CT molecular complexity index is 575. The van der Waals surface area contributed by atoms with Crippen molar-refractivity contribution < 1.29 is 0 Å². The fourth-order valence-electron chi connectivity index (χ4n) is 2.99. The second-order valence-electron chi connectivity index (χ2n) is 5.45. The predicted molar refractivity (Wildman–Crippen MR) is 78.1 cm³/mol. The lowest BCUT2D eigenvalue weighted by molar-refractivity contribution is 0.597. The third-order valence-corrected chi connectivity index (χ3v) is 4.03. The fourth-order valence-corrected chi connectivity index (χ4v) is 2.99. The van der Waals surface area contributed by atoms with Crippen molar-refractivity contribution in [2.45, 2.75) is 38.1 Å². The topological polar surface area (TPSA) is 38.9 Å². The first-order valence-corrected chi connectivity index (χ1v) is 7.05. The summed E-state index contributed by atoms with van der Waals surface area (Å²) in [6.45, 7) is 2.03. The lowest BCUT2D eigenvalue weighted by Crippen LogP contribution is -2.13. The molecule has 0 amide bonds. The van der Waals surface area contributed by atoms with Crippen LogP contribution in [0.2, 0.25) is 0 Å². The predicted octanol–water partition coefficient (Wildman–Crippen LogP) is 3.57. The van der Waals surface area contributed by atoms with Gasteiger partial charge in [-0.3, -0.25) is 4.98 Å². The van der Waals surface area contributed by atoms with E-state index in [4.69, 9.17) is 5.73 Å². The van der Waals surface area contributed by atoms with Gasteiger partial charge in [0.05, 0.1) is 5.69 Å². The third-order valence-electron chi connectivity index (χ3n) is 4.03. The zero-order valence-electron chi connectivity index (χ0n) is 11.3. The summed E-state index contributed by atoms with van der Waals surface area (Å²) in [5.41, 5.74) is 11.2. The van der Waals surface area contributed by atoms with Crippen LogP contribution in [0.5, 0.6) is 0 Å². The van der Waals surface area contributed by atoms with E-state index < -0.39 is 0 Å². The Hall–Kier alpha value is -1.67. The molecule has 1 aromatic heterocycles. The number of rotatable bonds is 2. The standard InChI is InChI=1S/C17H20N2/c1-12(18)14-6-2-7-15(11-14)16-9-3-5-13-8-4-10-19-17(13)16/h2,4,6-8,10-12,16H,3,5,9,18H2,1H3. The Morgan fingerprint density at radius 3 is 3.00 bits per heavy atom. The van der Waals surface area contributed by atoms with Crippen LogP contribution in [0.4, 0.5) is 0 Å². The molecule has 1 aliphatic carbocycles. The van der Waals surface area contributed by atoms with E-state index in [0.29, 0.717) is 5.92 Å². The van der Waals surface area contributed by atoms with Crippen molar-refractivity contribution in [2.24, 2.45) is 5.73 Å². The minimum absolute atomic E-state index is 0.0896. The number of aromatic nitrogens is 1. The molecule has 2 heteroatoms. The second-order valence-corrected chi connectivity index (χ2v) is 5.45. The van der Waals surface area contributed by atoms with E-state index in [9.17, 15) is 0 Å². The molecule has 98 valence electrons. The van der Waals surface area contributed by atoms with Gasteiger partial charge in [0.15, 0.2) is 0 Å². The normalized spacial score (nSPS) is 19.8. The van der Waals surface area contributed by atoms with Crippen molar-refractivity contribution in [1.29, 1.82) is 0 Å². The number of fused-ring (bicyclic) bond motifs is 1. The van der Waals surface area contributed by atoms with E-state index >= 15 is 0 Å². The minimum Gasteiger partial charge on any atom is -0.324 e. The highest BCUT2D eigenvalue weighted by molar-refractivity contribution is 5.37. The van der Waals surface area contributed by atoms with Crippen LogP contribution in [0, 0.1) is 0 Å². The molecular weight excluding hydrogens is 232 g/mol. The number of hydrogen-bond acceptors (Lipinski definition) is 2. The molecule has 2 unspecified atom stereocenters. The maximum absolute atomic E-state index is 5.99. The summed E-state index contributed by atoms with van der Waals surface area (Å²) in [5.74, 6) is 0.434. The van der Waals surface area contributed by atoms with E-state index in [-0.39, 0.29) is 6.04 Å². The van der Waals surface area contributed by atoms with Crippen molar-refractivity contribution >= 4 is 0 Å². The average Bonchev–Trinajstić information content (AvgIpc) is 2.47. The maximum atomic E-state index is 5.99. The molecule has 0 saturated heterocycles. The van der Waals surface area contributed by atoms with Crippen LogP contribution < -0.4 is 5.73 Å². The van der Waals surface area contributed by atoms with E-state index in [0.717, 1.165) is 6.42 Å². The molecule has 1 aromatic carbocycles. The summed E-state index contributed by atoms with van der Waals surface area (Å²) >= 11 is 0. The largest absolute Gasteiger partial charge is 0.324 e. The van der Waals surface area contributed by atoms with Gasteiger partial charge in [-0.1, -0.05) is 30.3 Å². The number of benzene rings is 1. The molecule has 2 nitrogen and oxygen atoms in total. The summed E-state index contributed by atoms with van der Waals surface area (Å²) in [5, 5.41) is 0. The Kier molecular flexibility index (Phi) is 3.34. The van der Waals surface area contributed by atoms with Crippen molar-refractivity contribution in [3.8, 4) is 0 Å². The number of hydrogen-bond donors (Lipinski definition) is 1. The molecule has 0 radical (unpaired) electrons. The average molecular weight is 252 g/mol. The van der Waals surface area contributed by atoms with Crippen LogP contribution in [-0.2, 0) is 6.42 Å². The minimum atomic E-state index is 0.0896. The fraction of sp³-hybridized carbons (Fsp3) is 0.353. The molecule has 2 atom stereocenters. The van der Waals surface area contributed by atoms with Crippen molar-refractivity contribution in [3.63, 3.8) is 0 Å². The summed E-state index contributed by atoms with van der Waals surface area (Å²) in [7, 11) is 0. The van der Waals surface area contributed by atoms with Gasteiger partial charge < -0.3 is 5.73 Å². The summed E-state index contributed by atoms with van der Waals surface area (Å²) < 4.78 is 0. The molecule has 1 aliphatic rings. The molecule has 0 bridgehead atoms. The molecule has 3 rings (SSSR count). The Morgan fingerprint density at radius 1 is 1.26 bits per heavy atom. The van der Waals surface area contributed by atoms with Gasteiger partial charge in [0.2, 0.25) is 0 Å². The lowest BCUT2D eigenvalue weighted by Gasteiger charge is -2.25. The molecule has 2 N–H and O–H groups in total.